The minimum Gasteiger partial charge on any atom is -0.493 e. The van der Waals surface area contributed by atoms with E-state index in [1.54, 1.807) is 13.2 Å². The Bertz CT molecular complexity index is 506. The van der Waals surface area contributed by atoms with Gasteiger partial charge in [-0.25, -0.2) is 0 Å². The molecule has 1 unspecified atom stereocenters. The molecule has 0 bridgehead atoms. The molecule has 0 aliphatic carbocycles. The summed E-state index contributed by atoms with van der Waals surface area (Å²) in [5.74, 6) is 0.272. The number of halogens is 1. The van der Waals surface area contributed by atoms with Crippen molar-refractivity contribution in [2.24, 2.45) is 0 Å². The molecule has 1 aliphatic heterocycles. The van der Waals surface area contributed by atoms with Crippen LogP contribution in [0.4, 0.5) is 0 Å². The average Bonchev–Trinajstić information content (AvgIpc) is 2.89. The van der Waals surface area contributed by atoms with Crippen molar-refractivity contribution in [2.45, 2.75) is 25.4 Å². The normalized spacial score (nSPS) is 19.1. The lowest BCUT2D eigenvalue weighted by atomic mass is 10.1. The molecule has 1 atom stereocenters. The van der Waals surface area contributed by atoms with E-state index in [4.69, 9.17) is 21.1 Å². The Hall–Kier alpha value is -1.46. The first-order valence-electron chi connectivity index (χ1n) is 6.44. The summed E-state index contributed by atoms with van der Waals surface area (Å²) >= 11 is 6.32. The molecule has 0 amide bonds. The van der Waals surface area contributed by atoms with E-state index in [9.17, 15) is 9.90 Å². The highest BCUT2D eigenvalue weighted by molar-refractivity contribution is 6.33. The van der Waals surface area contributed by atoms with Gasteiger partial charge in [0.2, 0.25) is 0 Å². The Balaban J connectivity index is 2.23. The van der Waals surface area contributed by atoms with Crippen LogP contribution in [0.25, 0.3) is 0 Å². The Morgan fingerprint density at radius 3 is 2.80 bits per heavy atom. The zero-order valence-electron chi connectivity index (χ0n) is 11.6. The van der Waals surface area contributed by atoms with Crippen molar-refractivity contribution in [3.63, 3.8) is 0 Å². The third kappa shape index (κ3) is 2.83. The molecule has 2 rings (SSSR count). The van der Waals surface area contributed by atoms with Crippen LogP contribution in [-0.4, -0.2) is 42.8 Å². The molecule has 1 N–H and O–H groups in total. The number of methoxy groups -OCH3 is 2. The number of benzene rings is 1. The van der Waals surface area contributed by atoms with Crippen molar-refractivity contribution < 1.29 is 19.4 Å². The number of hydrogen-bond donors (Lipinski definition) is 1. The maximum absolute atomic E-state index is 11.2. The molecule has 1 aromatic carbocycles. The summed E-state index contributed by atoms with van der Waals surface area (Å²) in [4.78, 5) is 13.1. The largest absolute Gasteiger partial charge is 0.493 e. The molecule has 5 nitrogen and oxygen atoms in total. The van der Waals surface area contributed by atoms with Gasteiger partial charge in [0.05, 0.1) is 19.2 Å². The molecule has 20 heavy (non-hydrogen) atoms. The number of aliphatic carboxylic acids is 1. The van der Waals surface area contributed by atoms with Crippen molar-refractivity contribution in [3.8, 4) is 11.5 Å². The quantitative estimate of drug-likeness (QED) is 0.905. The maximum atomic E-state index is 11.2. The maximum Gasteiger partial charge on any atom is 0.320 e. The van der Waals surface area contributed by atoms with Crippen molar-refractivity contribution in [3.05, 3.63) is 22.7 Å². The first-order valence-corrected chi connectivity index (χ1v) is 6.82. The van der Waals surface area contributed by atoms with Gasteiger partial charge in [-0.1, -0.05) is 17.7 Å². The van der Waals surface area contributed by atoms with Crippen molar-refractivity contribution in [1.29, 1.82) is 0 Å². The van der Waals surface area contributed by atoms with Crippen LogP contribution in [0.5, 0.6) is 11.5 Å². The lowest BCUT2D eigenvalue weighted by Crippen LogP contribution is -2.35. The number of rotatable bonds is 5. The second kappa shape index (κ2) is 6.33. The van der Waals surface area contributed by atoms with Gasteiger partial charge in [0.25, 0.3) is 0 Å². The molecule has 0 aromatic heterocycles. The Morgan fingerprint density at radius 2 is 2.20 bits per heavy atom. The van der Waals surface area contributed by atoms with Crippen LogP contribution in [0.3, 0.4) is 0 Å². The van der Waals surface area contributed by atoms with E-state index >= 15 is 0 Å². The summed E-state index contributed by atoms with van der Waals surface area (Å²) in [5.41, 5.74) is 0.845. The van der Waals surface area contributed by atoms with Crippen LogP contribution in [0.2, 0.25) is 5.02 Å². The molecule has 1 saturated heterocycles. The van der Waals surface area contributed by atoms with E-state index in [1.807, 2.05) is 11.0 Å². The first kappa shape index (κ1) is 14.9. The van der Waals surface area contributed by atoms with Crippen LogP contribution in [-0.2, 0) is 11.3 Å². The standard InChI is InChI=1S/C14H18ClNO4/c1-19-11-6-5-9(12(15)13(11)20-2)8-16-7-3-4-10(16)14(17)18/h5-6,10H,3-4,7-8H2,1-2H3,(H,17,18). The van der Waals surface area contributed by atoms with Crippen LogP contribution in [0.15, 0.2) is 12.1 Å². The van der Waals surface area contributed by atoms with E-state index in [0.29, 0.717) is 29.5 Å². The lowest BCUT2D eigenvalue weighted by molar-refractivity contribution is -0.142. The molecule has 110 valence electrons. The highest BCUT2D eigenvalue weighted by Gasteiger charge is 2.31. The number of carboxylic acids is 1. The fourth-order valence-corrected chi connectivity index (χ4v) is 2.86. The van der Waals surface area contributed by atoms with Crippen molar-refractivity contribution in [2.75, 3.05) is 20.8 Å². The molecule has 0 spiro atoms. The number of carboxylic acid groups (broad SMARTS) is 1. The van der Waals surface area contributed by atoms with Crippen LogP contribution < -0.4 is 9.47 Å². The highest BCUT2D eigenvalue weighted by atomic mass is 35.5. The monoisotopic (exact) mass is 299 g/mol. The first-order chi connectivity index (χ1) is 9.58. The van der Waals surface area contributed by atoms with E-state index in [1.165, 1.54) is 7.11 Å². The van der Waals surface area contributed by atoms with E-state index < -0.39 is 12.0 Å². The molecule has 0 saturated carbocycles. The summed E-state index contributed by atoms with van der Waals surface area (Å²) in [5, 5.41) is 9.67. The predicted molar refractivity (Wildman–Crippen MR) is 75.6 cm³/mol. The molecule has 1 aliphatic rings. The van der Waals surface area contributed by atoms with Gasteiger partial charge in [0.15, 0.2) is 11.5 Å². The van der Waals surface area contributed by atoms with Gasteiger partial charge in [0, 0.05) is 6.54 Å². The second-order valence-corrected chi connectivity index (χ2v) is 5.12. The van der Waals surface area contributed by atoms with Gasteiger partial charge in [0.1, 0.15) is 6.04 Å². The number of nitrogens with zero attached hydrogens (tertiary/aromatic N) is 1. The molecule has 0 radical (unpaired) electrons. The Kier molecular flexibility index (Phi) is 4.73. The van der Waals surface area contributed by atoms with Crippen LogP contribution in [0.1, 0.15) is 18.4 Å². The number of ether oxygens (including phenoxy) is 2. The van der Waals surface area contributed by atoms with E-state index in [2.05, 4.69) is 0 Å². The third-order valence-corrected chi connectivity index (χ3v) is 4.00. The molecule has 1 heterocycles. The minimum atomic E-state index is -0.779. The summed E-state index contributed by atoms with van der Waals surface area (Å²) in [6, 6.07) is 3.20. The highest BCUT2D eigenvalue weighted by Crippen LogP contribution is 2.38. The topological polar surface area (TPSA) is 59.0 Å². The van der Waals surface area contributed by atoms with Gasteiger partial charge in [-0.3, -0.25) is 9.69 Å². The van der Waals surface area contributed by atoms with E-state index in [-0.39, 0.29) is 0 Å². The smallest absolute Gasteiger partial charge is 0.320 e. The fourth-order valence-electron chi connectivity index (χ4n) is 2.57. The Labute approximate surface area is 123 Å². The molecular formula is C14H18ClNO4. The summed E-state index contributed by atoms with van der Waals surface area (Å²) in [7, 11) is 3.08. The molecular weight excluding hydrogens is 282 g/mol. The molecule has 6 heteroatoms. The molecule has 1 fully saturated rings. The fraction of sp³-hybridized carbons (Fsp3) is 0.500. The van der Waals surface area contributed by atoms with Gasteiger partial charge in [-0.2, -0.15) is 0 Å². The van der Waals surface area contributed by atoms with Gasteiger partial charge < -0.3 is 14.6 Å². The minimum absolute atomic E-state index is 0.431. The Morgan fingerprint density at radius 1 is 1.45 bits per heavy atom. The molecule has 1 aromatic rings. The van der Waals surface area contributed by atoms with Gasteiger partial charge in [-0.05, 0) is 31.0 Å². The number of likely N-dealkylation sites (tertiary alicyclic amines) is 1. The van der Waals surface area contributed by atoms with Gasteiger partial charge >= 0.3 is 5.97 Å². The average molecular weight is 300 g/mol. The van der Waals surface area contributed by atoms with Crippen molar-refractivity contribution in [1.82, 2.24) is 4.90 Å². The zero-order chi connectivity index (χ0) is 14.7. The third-order valence-electron chi connectivity index (χ3n) is 3.59. The second-order valence-electron chi connectivity index (χ2n) is 4.74. The van der Waals surface area contributed by atoms with Crippen LogP contribution >= 0.6 is 11.6 Å². The van der Waals surface area contributed by atoms with Gasteiger partial charge in [-0.15, -0.1) is 0 Å². The van der Waals surface area contributed by atoms with Crippen LogP contribution in [0, 0.1) is 0 Å². The summed E-state index contributed by atoms with van der Waals surface area (Å²) in [6.07, 6.45) is 1.57. The van der Waals surface area contributed by atoms with Crippen molar-refractivity contribution >= 4 is 17.6 Å². The predicted octanol–water partition coefficient (Wildman–Crippen LogP) is 2.41. The lowest BCUT2D eigenvalue weighted by Gasteiger charge is -2.22. The van der Waals surface area contributed by atoms with E-state index in [0.717, 1.165) is 18.5 Å². The zero-order valence-corrected chi connectivity index (χ0v) is 12.3. The number of hydrogen-bond acceptors (Lipinski definition) is 4. The summed E-state index contributed by atoms with van der Waals surface area (Å²) in [6.45, 7) is 1.26. The SMILES string of the molecule is COc1ccc(CN2CCCC2C(=O)O)c(Cl)c1OC. The summed E-state index contributed by atoms with van der Waals surface area (Å²) < 4.78 is 10.4. The number of carbonyl (C=O) groups is 1.